The Balaban J connectivity index is 0.000000313. The summed E-state index contributed by atoms with van der Waals surface area (Å²) in [4.78, 5) is 0. The molecule has 0 aliphatic carbocycles. The Hall–Kier alpha value is -2.06. The van der Waals surface area contributed by atoms with Crippen LogP contribution in [-0.4, -0.2) is 7.27 Å². The molecule has 0 spiro atoms. The Bertz CT molecular complexity index is 658. The molecule has 2 aromatic carbocycles. The van der Waals surface area contributed by atoms with Crippen molar-refractivity contribution in [1.82, 2.24) is 0 Å². The topological polar surface area (TPSA) is 0 Å². The molecule has 0 atom stereocenters. The number of hydrogen-bond acceptors (Lipinski definition) is 0. The summed E-state index contributed by atoms with van der Waals surface area (Å²) >= 11 is 0. The van der Waals surface area contributed by atoms with Gasteiger partial charge in [0.25, 0.3) is 0 Å². The fourth-order valence-corrected chi connectivity index (χ4v) is 1.47. The van der Waals surface area contributed by atoms with Gasteiger partial charge >= 0.3 is 13.1 Å². The maximum absolute atomic E-state index is 12.7. The molecule has 124 valence electrons. The van der Waals surface area contributed by atoms with Crippen LogP contribution in [0.5, 0.6) is 0 Å². The summed E-state index contributed by atoms with van der Waals surface area (Å²) in [5.41, 5.74) is -0.901. The van der Waals surface area contributed by atoms with Crippen LogP contribution in [0.4, 0.5) is 35.0 Å². The van der Waals surface area contributed by atoms with Gasteiger partial charge in [0.2, 0.25) is 0 Å². The number of alkyl halides is 2. The van der Waals surface area contributed by atoms with E-state index in [2.05, 4.69) is 19.1 Å². The van der Waals surface area contributed by atoms with Crippen LogP contribution in [-0.2, 0) is 5.82 Å². The molecule has 23 heavy (non-hydrogen) atoms. The molecule has 2 rings (SSSR count). The smallest absolute Gasteiger partial charge is 0.280 e. The van der Waals surface area contributed by atoms with Crippen LogP contribution in [0.2, 0.25) is 0 Å². The maximum atomic E-state index is 12.7. The average molecular weight is 340 g/mol. The minimum absolute atomic E-state index is 0.500. The average Bonchev–Trinajstić information content (AvgIpc) is 2.50. The highest BCUT2D eigenvalue weighted by Crippen LogP contribution is 2.35. The van der Waals surface area contributed by atoms with E-state index in [1.165, 1.54) is 5.56 Å². The van der Waals surface area contributed by atoms with Crippen LogP contribution in [0.1, 0.15) is 11.1 Å². The zero-order valence-electron chi connectivity index (χ0n) is 11.6. The first kappa shape index (κ1) is 19.0. The molecule has 0 amide bonds. The first-order valence-corrected chi connectivity index (χ1v) is 6.10. The zero-order chi connectivity index (χ0) is 17.8. The molecule has 0 saturated carbocycles. The second kappa shape index (κ2) is 7.48. The molecule has 0 aliphatic heterocycles. The summed E-state index contributed by atoms with van der Waals surface area (Å²) in [5.74, 6) is -14.7. The number of rotatable bonds is 2. The van der Waals surface area contributed by atoms with E-state index in [1.54, 1.807) is 0 Å². The van der Waals surface area contributed by atoms with Gasteiger partial charge in [-0.15, -0.1) is 0 Å². The second-order valence-corrected chi connectivity index (χ2v) is 4.43. The quantitative estimate of drug-likeness (QED) is 0.301. The van der Waals surface area contributed by atoms with Crippen molar-refractivity contribution >= 4 is 7.27 Å². The van der Waals surface area contributed by atoms with Crippen molar-refractivity contribution < 1.29 is 35.0 Å². The van der Waals surface area contributed by atoms with Crippen LogP contribution in [0.25, 0.3) is 0 Å². The predicted molar refractivity (Wildman–Crippen MR) is 69.3 cm³/mol. The van der Waals surface area contributed by atoms with Gasteiger partial charge in [-0.05, 0) is 13.0 Å². The van der Waals surface area contributed by atoms with Gasteiger partial charge in [0.05, 0.1) is 5.56 Å². The van der Waals surface area contributed by atoms with E-state index in [0.29, 0.717) is 0 Å². The standard InChI is InChI=1S/C7HBF8.C7H8/c9-3-1-2(7(13,14)8(15)16)4(10)6(12)5(3)11;1-7-5-3-2-4-6-7/h1H;2-6H,1H3. The third kappa shape index (κ3) is 4.46. The van der Waals surface area contributed by atoms with E-state index in [0.717, 1.165) is 0 Å². The van der Waals surface area contributed by atoms with E-state index in [4.69, 9.17) is 0 Å². The molecule has 0 saturated heterocycles. The lowest BCUT2D eigenvalue weighted by molar-refractivity contribution is 0.0589. The van der Waals surface area contributed by atoms with Gasteiger partial charge in [-0.2, -0.15) is 0 Å². The Morgan fingerprint density at radius 3 is 1.74 bits per heavy atom. The van der Waals surface area contributed by atoms with Crippen molar-refractivity contribution in [1.29, 1.82) is 0 Å². The summed E-state index contributed by atoms with van der Waals surface area (Å²) in [5, 5.41) is 0. The van der Waals surface area contributed by atoms with Crippen LogP contribution in [0.15, 0.2) is 36.4 Å². The fourth-order valence-electron chi connectivity index (χ4n) is 1.47. The van der Waals surface area contributed by atoms with Crippen molar-refractivity contribution in [3.05, 3.63) is 70.8 Å². The summed E-state index contributed by atoms with van der Waals surface area (Å²) in [7, 11) is -4.37. The molecule has 0 bridgehead atoms. The molecule has 0 N–H and O–H groups in total. The Kier molecular flexibility index (Phi) is 6.17. The fraction of sp³-hybridized carbons (Fsp3) is 0.143. The molecule has 0 aromatic heterocycles. The van der Waals surface area contributed by atoms with Gasteiger partial charge in [-0.3, -0.25) is 8.63 Å². The number of benzene rings is 2. The van der Waals surface area contributed by atoms with Crippen molar-refractivity contribution in [2.24, 2.45) is 0 Å². The summed E-state index contributed by atoms with van der Waals surface area (Å²) < 4.78 is 98.7. The lowest BCUT2D eigenvalue weighted by atomic mass is 9.81. The van der Waals surface area contributed by atoms with Crippen LogP contribution in [0.3, 0.4) is 0 Å². The van der Waals surface area contributed by atoms with Crippen molar-refractivity contribution in [2.75, 3.05) is 0 Å². The van der Waals surface area contributed by atoms with Gasteiger partial charge in [-0.1, -0.05) is 35.9 Å². The van der Waals surface area contributed by atoms with Gasteiger partial charge in [0.15, 0.2) is 23.3 Å². The summed E-state index contributed by atoms with van der Waals surface area (Å²) in [6.07, 6.45) is 0. The van der Waals surface area contributed by atoms with Crippen molar-refractivity contribution in [2.45, 2.75) is 12.7 Å². The molecule has 0 fully saturated rings. The lowest BCUT2D eigenvalue weighted by Crippen LogP contribution is -2.30. The predicted octanol–water partition coefficient (Wildman–Crippen LogP) is 5.30. The monoisotopic (exact) mass is 340 g/mol. The Morgan fingerprint density at radius 1 is 0.826 bits per heavy atom. The SMILES string of the molecule is Cc1ccccc1.FB(F)C(F)(F)c1cc(F)c(F)c(F)c1F. The molecule has 9 heteroatoms. The van der Waals surface area contributed by atoms with Crippen LogP contribution in [0, 0.1) is 30.2 Å². The van der Waals surface area contributed by atoms with Gasteiger partial charge in [-0.25, -0.2) is 26.3 Å². The number of aryl methyl sites for hydroxylation is 1. The maximum Gasteiger partial charge on any atom is 0.613 e. The highest BCUT2D eigenvalue weighted by Gasteiger charge is 2.52. The molecule has 0 heterocycles. The van der Waals surface area contributed by atoms with E-state index in [1.807, 2.05) is 18.2 Å². The molecule has 0 nitrogen and oxygen atoms in total. The highest BCUT2D eigenvalue weighted by molar-refractivity contribution is 6.45. The molecular formula is C14H9BF8. The van der Waals surface area contributed by atoms with E-state index >= 15 is 0 Å². The molecule has 0 aliphatic rings. The summed E-state index contributed by atoms with van der Waals surface area (Å²) in [6, 6.07) is 9.76. The third-order valence-electron chi connectivity index (χ3n) is 2.68. The highest BCUT2D eigenvalue weighted by atomic mass is 19.3. The number of halogens is 8. The van der Waals surface area contributed by atoms with E-state index < -0.39 is 48.0 Å². The molecule has 2 aromatic rings. The van der Waals surface area contributed by atoms with E-state index in [-0.39, 0.29) is 0 Å². The first-order chi connectivity index (χ1) is 10.6. The molecule has 0 unspecified atom stereocenters. The molecular weight excluding hydrogens is 331 g/mol. The largest absolute Gasteiger partial charge is 0.613 e. The van der Waals surface area contributed by atoms with Crippen LogP contribution < -0.4 is 0 Å². The second-order valence-electron chi connectivity index (χ2n) is 4.43. The zero-order valence-corrected chi connectivity index (χ0v) is 11.6. The van der Waals surface area contributed by atoms with Gasteiger partial charge < -0.3 is 0 Å². The molecule has 0 radical (unpaired) electrons. The minimum atomic E-state index is -5.10. The van der Waals surface area contributed by atoms with E-state index in [9.17, 15) is 35.0 Å². The van der Waals surface area contributed by atoms with Crippen molar-refractivity contribution in [3.63, 3.8) is 0 Å². The minimum Gasteiger partial charge on any atom is -0.280 e. The normalized spacial score (nSPS) is 10.8. The number of hydrogen-bond donors (Lipinski definition) is 0. The third-order valence-corrected chi connectivity index (χ3v) is 2.68. The van der Waals surface area contributed by atoms with Gasteiger partial charge in [0, 0.05) is 0 Å². The lowest BCUT2D eigenvalue weighted by Gasteiger charge is -2.14. The Labute approximate surface area is 126 Å². The summed E-state index contributed by atoms with van der Waals surface area (Å²) in [6.45, 7) is 2.08. The van der Waals surface area contributed by atoms with Crippen LogP contribution >= 0.6 is 0 Å². The van der Waals surface area contributed by atoms with Gasteiger partial charge in [0.1, 0.15) is 0 Å². The van der Waals surface area contributed by atoms with Crippen molar-refractivity contribution in [3.8, 4) is 0 Å². The Morgan fingerprint density at radius 2 is 1.35 bits per heavy atom. The first-order valence-electron chi connectivity index (χ1n) is 6.10.